The number of imidazole rings is 1. The highest BCUT2D eigenvalue weighted by Gasteiger charge is 2.60. The predicted octanol–water partition coefficient (Wildman–Crippen LogP) is 2.41. The molecular formula is C23H25N4O4S2+. The Bertz CT molecular complexity index is 1290. The number of hydrogen-bond acceptors (Lipinski definition) is 6. The Balaban J connectivity index is 1.43. The Morgan fingerprint density at radius 2 is 2.18 bits per heavy atom. The molecule has 5 rings (SSSR count). The van der Waals surface area contributed by atoms with Crippen LogP contribution in [0.25, 0.3) is 10.2 Å². The normalized spacial score (nSPS) is 23.2. The highest BCUT2D eigenvalue weighted by molar-refractivity contribution is 8.04. The number of hydrogen-bond donors (Lipinski definition) is 2. The second-order valence-electron chi connectivity index (χ2n) is 8.68. The lowest BCUT2D eigenvalue weighted by Crippen LogP contribution is -2.63. The molecule has 2 aromatic heterocycles. The summed E-state index contributed by atoms with van der Waals surface area (Å²) in [5.74, 6) is -2.19. The van der Waals surface area contributed by atoms with E-state index in [4.69, 9.17) is 4.98 Å². The molecule has 0 unspecified atom stereocenters. The molecule has 172 valence electrons. The van der Waals surface area contributed by atoms with Crippen LogP contribution in [0, 0.1) is 11.8 Å². The van der Waals surface area contributed by atoms with E-state index >= 15 is 0 Å². The molecule has 1 amide bonds. The Labute approximate surface area is 199 Å². The van der Waals surface area contributed by atoms with Gasteiger partial charge < -0.3 is 15.1 Å². The Hall–Kier alpha value is -2.69. The molecule has 0 bridgehead atoms. The number of aliphatic carboxylic acids is 1. The zero-order valence-corrected chi connectivity index (χ0v) is 20.1. The number of carbonyl (C=O) groups excluding carboxylic acids is 1. The molecule has 1 saturated heterocycles. The van der Waals surface area contributed by atoms with Crippen LogP contribution in [-0.4, -0.2) is 48.7 Å². The van der Waals surface area contributed by atoms with Crippen LogP contribution in [-0.2, 0) is 29.6 Å². The maximum atomic E-state index is 12.6. The summed E-state index contributed by atoms with van der Waals surface area (Å²) in [6, 6.07) is 5.82. The summed E-state index contributed by atoms with van der Waals surface area (Å²) in [5, 5.41) is 19.9. The van der Waals surface area contributed by atoms with Crippen molar-refractivity contribution in [1.82, 2.24) is 14.5 Å². The first-order valence-corrected chi connectivity index (χ1v) is 12.5. The van der Waals surface area contributed by atoms with E-state index in [1.807, 2.05) is 49.4 Å². The van der Waals surface area contributed by atoms with Gasteiger partial charge in [-0.25, -0.2) is 18.9 Å². The molecule has 10 heteroatoms. The number of fused-ring (bicyclic) bond motifs is 2. The van der Waals surface area contributed by atoms with Crippen molar-refractivity contribution < 1.29 is 24.4 Å². The number of para-hydroxylation sites is 1. The summed E-state index contributed by atoms with van der Waals surface area (Å²) in [6.45, 7) is 4.35. The minimum Gasteiger partial charge on any atom is -0.477 e. The van der Waals surface area contributed by atoms with Gasteiger partial charge in [-0.15, -0.1) is 11.3 Å². The first kappa shape index (κ1) is 22.1. The summed E-state index contributed by atoms with van der Waals surface area (Å²) in [6.07, 6.45) is 6.10. The number of rotatable bonds is 7. The summed E-state index contributed by atoms with van der Waals surface area (Å²) in [4.78, 5) is 31.5. The van der Waals surface area contributed by atoms with Crippen LogP contribution in [0.5, 0.6) is 0 Å². The van der Waals surface area contributed by atoms with Gasteiger partial charge in [0.15, 0.2) is 4.34 Å². The van der Waals surface area contributed by atoms with Crippen molar-refractivity contribution in [2.75, 3.05) is 0 Å². The SMILES string of the molecule is C[C@@H](O)[C@H]1C(=O)N2C(C(=O)O)=C(Sc3nc4c(CCn5cc[n+](C)c5)cccc4s3)[C@H](C)[C@H]12. The average molecular weight is 486 g/mol. The average Bonchev–Trinajstić information content (AvgIpc) is 3.42. The fourth-order valence-corrected chi connectivity index (χ4v) is 7.25. The molecule has 2 aliphatic heterocycles. The molecule has 3 aromatic rings. The van der Waals surface area contributed by atoms with Gasteiger partial charge in [0.25, 0.3) is 0 Å². The van der Waals surface area contributed by atoms with Crippen molar-refractivity contribution in [3.8, 4) is 0 Å². The first-order chi connectivity index (χ1) is 15.8. The Morgan fingerprint density at radius 1 is 1.39 bits per heavy atom. The number of carboxylic acids is 1. The van der Waals surface area contributed by atoms with Gasteiger partial charge in [-0.3, -0.25) is 4.79 Å². The number of carboxylic acid groups (broad SMARTS) is 1. The second kappa shape index (κ2) is 8.27. The van der Waals surface area contributed by atoms with E-state index in [2.05, 4.69) is 10.6 Å². The summed E-state index contributed by atoms with van der Waals surface area (Å²) >= 11 is 2.87. The number of aromatic nitrogens is 3. The van der Waals surface area contributed by atoms with Crippen LogP contribution in [0.2, 0.25) is 0 Å². The van der Waals surface area contributed by atoms with Gasteiger partial charge in [-0.2, -0.15) is 0 Å². The van der Waals surface area contributed by atoms with Crippen LogP contribution in [0.15, 0.2) is 51.9 Å². The first-order valence-electron chi connectivity index (χ1n) is 10.8. The monoisotopic (exact) mass is 485 g/mol. The van der Waals surface area contributed by atoms with E-state index in [0.717, 1.165) is 33.1 Å². The van der Waals surface area contributed by atoms with Gasteiger partial charge in [-0.05, 0) is 18.6 Å². The number of nitrogens with zero attached hydrogens (tertiary/aromatic N) is 4. The third-order valence-corrected chi connectivity index (χ3v) is 8.82. The van der Waals surface area contributed by atoms with E-state index < -0.39 is 18.0 Å². The molecule has 0 radical (unpaired) electrons. The van der Waals surface area contributed by atoms with Crippen molar-refractivity contribution in [3.63, 3.8) is 0 Å². The van der Waals surface area contributed by atoms with E-state index in [1.54, 1.807) is 6.92 Å². The van der Waals surface area contributed by atoms with E-state index in [0.29, 0.717) is 4.91 Å². The molecule has 2 N–H and O–H groups in total. The van der Waals surface area contributed by atoms with Crippen molar-refractivity contribution in [3.05, 3.63) is 53.1 Å². The second-order valence-corrected chi connectivity index (χ2v) is 11.0. The van der Waals surface area contributed by atoms with Crippen molar-refractivity contribution >= 4 is 45.2 Å². The lowest BCUT2D eigenvalue weighted by atomic mass is 9.79. The maximum absolute atomic E-state index is 12.6. The number of thiazole rings is 1. The van der Waals surface area contributed by atoms with Gasteiger partial charge in [-0.1, -0.05) is 30.8 Å². The van der Waals surface area contributed by atoms with Gasteiger partial charge >= 0.3 is 5.97 Å². The number of amides is 1. The molecule has 0 saturated carbocycles. The van der Waals surface area contributed by atoms with Gasteiger partial charge in [0, 0.05) is 17.2 Å². The van der Waals surface area contributed by atoms with E-state index in [9.17, 15) is 19.8 Å². The number of carbonyl (C=O) groups is 2. The van der Waals surface area contributed by atoms with Crippen molar-refractivity contribution in [2.45, 2.75) is 43.3 Å². The quantitative estimate of drug-likeness (QED) is 0.394. The Morgan fingerprint density at radius 3 is 2.85 bits per heavy atom. The predicted molar refractivity (Wildman–Crippen MR) is 124 cm³/mol. The van der Waals surface area contributed by atoms with Crippen LogP contribution < -0.4 is 4.57 Å². The van der Waals surface area contributed by atoms with E-state index in [1.165, 1.54) is 28.0 Å². The molecule has 1 aromatic carbocycles. The van der Waals surface area contributed by atoms with Crippen molar-refractivity contribution in [1.29, 1.82) is 0 Å². The zero-order valence-electron chi connectivity index (χ0n) is 18.5. The molecule has 0 spiro atoms. The molecule has 8 nitrogen and oxygen atoms in total. The third-order valence-electron chi connectivity index (χ3n) is 6.45. The highest BCUT2D eigenvalue weighted by Crippen LogP contribution is 2.52. The number of aliphatic hydroxyl groups excluding tert-OH is 1. The summed E-state index contributed by atoms with van der Waals surface area (Å²) < 4.78 is 5.95. The van der Waals surface area contributed by atoms with Crippen LogP contribution in [0.3, 0.4) is 0 Å². The maximum Gasteiger partial charge on any atom is 0.353 e. The number of aliphatic hydroxyl groups is 1. The largest absolute Gasteiger partial charge is 0.477 e. The number of thioether (sulfide) groups is 1. The lowest BCUT2D eigenvalue weighted by Gasteiger charge is -2.46. The van der Waals surface area contributed by atoms with Gasteiger partial charge in [0.05, 0.1) is 41.9 Å². The highest BCUT2D eigenvalue weighted by atomic mass is 32.2. The van der Waals surface area contributed by atoms with Crippen molar-refractivity contribution in [2.24, 2.45) is 18.9 Å². The summed E-state index contributed by atoms with van der Waals surface area (Å²) in [7, 11) is 1.99. The number of benzene rings is 1. The van der Waals surface area contributed by atoms with Crippen LogP contribution >= 0.6 is 23.1 Å². The standard InChI is InChI=1S/C23H24N4O4S2/c1-12-18-16(13(2)28)21(29)27(18)19(22(30)31)20(12)33-23-24-17-14(5-4-6-15(17)32-23)7-8-26-10-9-25(3)11-26/h4-6,9-13,16,18,28H,7-8H2,1-3H3/p+1/t12-,13-,16-,18-/m1/s1. The number of aryl methyl sites for hydroxylation is 3. The zero-order chi connectivity index (χ0) is 23.4. The molecule has 4 atom stereocenters. The van der Waals surface area contributed by atoms with Crippen LogP contribution in [0.4, 0.5) is 0 Å². The molecule has 33 heavy (non-hydrogen) atoms. The van der Waals surface area contributed by atoms with Crippen LogP contribution in [0.1, 0.15) is 19.4 Å². The topological polar surface area (TPSA) is 99.5 Å². The minimum absolute atomic E-state index is 0.0272. The van der Waals surface area contributed by atoms with Gasteiger partial charge in [0.2, 0.25) is 12.2 Å². The Kier molecular flexibility index (Phi) is 5.54. The fourth-order valence-electron chi connectivity index (χ4n) is 4.87. The molecule has 1 fully saturated rings. The number of β-lactam (4-membered cyclic amide) rings is 1. The lowest BCUT2D eigenvalue weighted by molar-refractivity contribution is -0.671. The van der Waals surface area contributed by atoms with Gasteiger partial charge in [0.1, 0.15) is 18.1 Å². The van der Waals surface area contributed by atoms with E-state index in [-0.39, 0.29) is 23.6 Å². The summed E-state index contributed by atoms with van der Waals surface area (Å²) in [5.41, 5.74) is 2.11. The molecule has 2 aliphatic rings. The third kappa shape index (κ3) is 3.66. The smallest absolute Gasteiger partial charge is 0.353 e. The minimum atomic E-state index is -1.12. The fraction of sp³-hybridized carbons (Fsp3) is 0.391. The molecule has 4 heterocycles. The molecule has 0 aliphatic carbocycles. The molecular weight excluding hydrogens is 460 g/mol.